The third-order valence-electron chi connectivity index (χ3n) is 8.76. The molecule has 0 rings (SSSR count). The van der Waals surface area contributed by atoms with E-state index in [-0.39, 0.29) is 36.9 Å². The lowest BCUT2D eigenvalue weighted by atomic mass is 10.1. The molecule has 2 N–H and O–H groups in total. The Morgan fingerprint density at radius 3 is 1.25 bits per heavy atom. The molecular weight excluding hydrogens is 757 g/mol. The van der Waals surface area contributed by atoms with Crippen molar-refractivity contribution in [2.24, 2.45) is 23.7 Å². The number of rotatable bonds is 36. The van der Waals surface area contributed by atoms with Gasteiger partial charge in [0.2, 0.25) is 0 Å². The summed E-state index contributed by atoms with van der Waals surface area (Å²) in [5.74, 6) is 2.03. The highest BCUT2D eigenvalue weighted by atomic mass is 32.1. The van der Waals surface area contributed by atoms with Crippen LogP contribution >= 0.6 is 37.5 Å². The molecule has 0 aliphatic carbocycles. The van der Waals surface area contributed by atoms with Gasteiger partial charge in [-0.3, -0.25) is 0 Å². The van der Waals surface area contributed by atoms with E-state index in [1.807, 2.05) is 13.8 Å². The summed E-state index contributed by atoms with van der Waals surface area (Å²) in [6, 6.07) is 2.52. The van der Waals surface area contributed by atoms with Crippen LogP contribution in [0.3, 0.4) is 0 Å². The second kappa shape index (κ2) is 31.1. The van der Waals surface area contributed by atoms with E-state index in [0.717, 1.165) is 61.7 Å². The average Bonchev–Trinajstić information content (AvgIpc) is 3.12. The molecule has 0 aromatic carbocycles. The van der Waals surface area contributed by atoms with Gasteiger partial charge in [0.25, 0.3) is 0 Å². The van der Waals surface area contributed by atoms with E-state index in [1.165, 1.54) is 25.7 Å². The predicted octanol–water partition coefficient (Wildman–Crippen LogP) is 8.57. The summed E-state index contributed by atoms with van der Waals surface area (Å²) in [7, 11) is -7.41. The molecule has 0 aliphatic rings. The molecule has 0 saturated carbocycles. The largest absolute Gasteiger partial charge is 0.487 e. The number of unbranched alkanes of at least 4 members (excludes halogenated alkanes) is 4. The quantitative estimate of drug-likeness (QED) is 0.0213. The van der Waals surface area contributed by atoms with Gasteiger partial charge in [0.15, 0.2) is 5.05 Å². The first-order valence-electron chi connectivity index (χ1n) is 19.6. The topological polar surface area (TPSA) is 105 Å². The molecule has 0 saturated heterocycles. The molecule has 0 fully saturated rings. The maximum Gasteiger partial charge on any atom is 0.335 e. The van der Waals surface area contributed by atoms with Crippen molar-refractivity contribution in [1.29, 1.82) is 0 Å². The second-order valence-corrected chi connectivity index (χ2v) is 26.6. The van der Waals surface area contributed by atoms with Gasteiger partial charge in [-0.25, -0.2) is 0 Å². The smallest absolute Gasteiger partial charge is 0.335 e. The molecule has 0 bridgehead atoms. The van der Waals surface area contributed by atoms with Crippen LogP contribution in [0.25, 0.3) is 0 Å². The minimum atomic E-state index is -2.54. The standard InChI is InChI=1S/C36H78O9S3Si3/c1-9-10-11-12-13-17-36(48)39-18-14-21-49(6,40-26-32(2)24-37)42-28-34(4)30-44-51(8,23-16-20-47)45-31-35(5)29-43-50(7,22-15-19-46)41-27-33(3)25-38/h32-35,37-38,46-47H,9-31H2,1-8H3/t32?,33?,34?,35?,49?,50?,51-/m0/s1. The summed E-state index contributed by atoms with van der Waals surface area (Å²) in [6.45, 7) is 20.7. The second-order valence-electron chi connectivity index (χ2n) is 15.2. The molecular formula is C36H78O9S3Si3. The lowest BCUT2D eigenvalue weighted by Crippen LogP contribution is -2.44. The molecule has 0 spiro atoms. The van der Waals surface area contributed by atoms with E-state index in [9.17, 15) is 10.2 Å². The molecule has 0 heterocycles. The van der Waals surface area contributed by atoms with Gasteiger partial charge < -0.3 is 41.5 Å². The Hall–Kier alpha value is 0.921. The fourth-order valence-corrected chi connectivity index (χ4v) is 13.5. The van der Waals surface area contributed by atoms with Crippen LogP contribution in [0.5, 0.6) is 0 Å². The Morgan fingerprint density at radius 1 is 0.549 bits per heavy atom. The zero-order valence-corrected chi connectivity index (χ0v) is 39.2. The van der Waals surface area contributed by atoms with Gasteiger partial charge in [0, 0.05) is 82.9 Å². The van der Waals surface area contributed by atoms with Crippen molar-refractivity contribution in [3.05, 3.63) is 0 Å². The van der Waals surface area contributed by atoms with Gasteiger partial charge in [-0.05, 0) is 87.2 Å². The fourth-order valence-electron chi connectivity index (χ4n) is 5.00. The molecule has 15 heteroatoms. The van der Waals surface area contributed by atoms with Crippen LogP contribution in [0.1, 0.15) is 92.4 Å². The van der Waals surface area contributed by atoms with Crippen LogP contribution < -0.4 is 0 Å². The number of thiol groups is 2. The Kier molecular flexibility index (Phi) is 31.6. The monoisotopic (exact) mass is 834 g/mol. The van der Waals surface area contributed by atoms with E-state index in [4.69, 9.17) is 43.5 Å². The summed E-state index contributed by atoms with van der Waals surface area (Å²) in [5, 5.41) is 19.7. The highest BCUT2D eigenvalue weighted by molar-refractivity contribution is 7.80. The van der Waals surface area contributed by atoms with Crippen molar-refractivity contribution in [3.8, 4) is 0 Å². The van der Waals surface area contributed by atoms with Crippen molar-refractivity contribution in [2.45, 2.75) is 130 Å². The highest BCUT2D eigenvalue weighted by Crippen LogP contribution is 2.24. The zero-order valence-electron chi connectivity index (χ0n) is 33.6. The maximum absolute atomic E-state index is 9.58. The molecule has 306 valence electrons. The van der Waals surface area contributed by atoms with E-state index in [2.05, 4.69) is 65.7 Å². The molecule has 51 heavy (non-hydrogen) atoms. The summed E-state index contributed by atoms with van der Waals surface area (Å²) >= 11 is 14.3. The van der Waals surface area contributed by atoms with Crippen molar-refractivity contribution >= 4 is 68.2 Å². The maximum atomic E-state index is 9.58. The number of hydrogen-bond donors (Lipinski definition) is 4. The molecule has 7 atom stereocenters. The van der Waals surface area contributed by atoms with Crippen LogP contribution in [0.4, 0.5) is 0 Å². The number of aliphatic hydroxyl groups is 2. The number of hydrogen-bond acceptors (Lipinski definition) is 12. The number of aliphatic hydroxyl groups excluding tert-OH is 2. The number of thiocarbonyl (C=S) groups is 1. The molecule has 9 nitrogen and oxygen atoms in total. The minimum absolute atomic E-state index is 0.0489. The van der Waals surface area contributed by atoms with Gasteiger partial charge in [-0.1, -0.05) is 60.3 Å². The summed E-state index contributed by atoms with van der Waals surface area (Å²) in [5.41, 5.74) is 0. The fraction of sp³-hybridized carbons (Fsp3) is 0.972. The Labute approximate surface area is 332 Å². The first kappa shape index (κ1) is 51.9. The Morgan fingerprint density at radius 2 is 0.902 bits per heavy atom. The van der Waals surface area contributed by atoms with E-state index < -0.39 is 25.7 Å². The lowest BCUT2D eigenvalue weighted by molar-refractivity contribution is 0.0806. The Bertz CT molecular complexity index is 859. The molecule has 0 radical (unpaired) electrons. The van der Waals surface area contributed by atoms with Crippen molar-refractivity contribution in [3.63, 3.8) is 0 Å². The van der Waals surface area contributed by atoms with Crippen molar-refractivity contribution in [2.75, 3.05) is 71.0 Å². The molecule has 0 aliphatic heterocycles. The van der Waals surface area contributed by atoms with Gasteiger partial charge in [0.1, 0.15) is 0 Å². The third kappa shape index (κ3) is 28.0. The van der Waals surface area contributed by atoms with Crippen molar-refractivity contribution < 1.29 is 41.5 Å². The predicted molar refractivity (Wildman–Crippen MR) is 229 cm³/mol. The SMILES string of the molecule is CCCCCCCC(=S)OCCC[Si](C)(OCC(C)CO)OCC(C)CO[Si@](C)(CCCS)OCC(C)CO[Si](C)(CCCS)OCC(C)CO. The molecule has 6 unspecified atom stereocenters. The van der Waals surface area contributed by atoms with Crippen molar-refractivity contribution in [1.82, 2.24) is 0 Å². The normalized spacial score (nSPS) is 18.0. The van der Waals surface area contributed by atoms with E-state index in [1.54, 1.807) is 0 Å². The highest BCUT2D eigenvalue weighted by Gasteiger charge is 2.36. The zero-order chi connectivity index (χ0) is 38.6. The number of ether oxygens (including phenoxy) is 1. The summed E-state index contributed by atoms with van der Waals surface area (Å²) < 4.78 is 44.7. The first-order valence-corrected chi connectivity index (χ1v) is 28.9. The average molecular weight is 835 g/mol. The van der Waals surface area contributed by atoms with Gasteiger partial charge >= 0.3 is 25.7 Å². The van der Waals surface area contributed by atoms with Crippen LogP contribution in [-0.2, 0) is 31.3 Å². The summed E-state index contributed by atoms with van der Waals surface area (Å²) in [4.78, 5) is 0. The van der Waals surface area contributed by atoms with Gasteiger partial charge in [0.05, 0.1) is 6.61 Å². The third-order valence-corrected chi connectivity index (χ3v) is 18.2. The Balaban J connectivity index is 5.05. The first-order chi connectivity index (χ1) is 24.2. The van der Waals surface area contributed by atoms with E-state index in [0.29, 0.717) is 51.3 Å². The van der Waals surface area contributed by atoms with Crippen LogP contribution in [-0.4, -0.2) is 112 Å². The lowest BCUT2D eigenvalue weighted by Gasteiger charge is -2.33. The van der Waals surface area contributed by atoms with Gasteiger partial charge in [-0.2, -0.15) is 25.3 Å². The van der Waals surface area contributed by atoms with Gasteiger partial charge in [-0.15, -0.1) is 0 Å². The van der Waals surface area contributed by atoms with Crippen LogP contribution in [0.2, 0.25) is 37.8 Å². The molecule has 0 amide bonds. The van der Waals surface area contributed by atoms with E-state index >= 15 is 0 Å². The molecule has 0 aromatic heterocycles. The summed E-state index contributed by atoms with van der Waals surface area (Å²) in [6.07, 6.45) is 9.58. The molecule has 0 aromatic rings. The van der Waals surface area contributed by atoms with Crippen LogP contribution in [0, 0.1) is 23.7 Å². The van der Waals surface area contributed by atoms with Crippen LogP contribution in [0.15, 0.2) is 0 Å². The minimum Gasteiger partial charge on any atom is -0.487 e.